The highest BCUT2D eigenvalue weighted by Crippen LogP contribution is 2.21. The van der Waals surface area contributed by atoms with Crippen LogP contribution in [0.2, 0.25) is 0 Å². The van der Waals surface area contributed by atoms with E-state index >= 15 is 0 Å². The van der Waals surface area contributed by atoms with Crippen LogP contribution < -0.4 is 115 Å². The lowest BCUT2D eigenvalue weighted by Gasteiger charge is -2.33. The number of aliphatic hydroxyl groups is 2. The Morgan fingerprint density at radius 1 is 0.412 bits per heavy atom. The van der Waals surface area contributed by atoms with Crippen LogP contribution in [0.1, 0.15) is 116 Å². The van der Waals surface area contributed by atoms with Crippen molar-refractivity contribution in [3.63, 3.8) is 0 Å². The molecule has 45 heteroatoms. The molecule has 0 aromatic heterocycles. The molecule has 638 valence electrons. The number of thiol groups is 2. The summed E-state index contributed by atoms with van der Waals surface area (Å²) < 4.78 is -1.51. The van der Waals surface area contributed by atoms with Gasteiger partial charge in [0.2, 0.25) is 70.9 Å². The smallest absolute Gasteiger partial charge is 0.326 e. The quantitative estimate of drug-likeness (QED) is 0.0127. The summed E-state index contributed by atoms with van der Waals surface area (Å²) in [5, 5.41) is 110. The fourth-order valence-corrected chi connectivity index (χ4v) is 11.4. The summed E-state index contributed by atoms with van der Waals surface area (Å²) >= 11 is 8.78. The highest BCUT2D eigenvalue weighted by atomic mass is 32.1. The number of carbonyl (C=O) groups excluding carboxylic acids is 12. The molecule has 114 heavy (non-hydrogen) atoms. The van der Waals surface area contributed by atoms with Crippen molar-refractivity contribution in [3.05, 3.63) is 59.7 Å². The van der Waals surface area contributed by atoms with E-state index in [1.54, 1.807) is 0 Å². The summed E-state index contributed by atoms with van der Waals surface area (Å²) in [7, 11) is 0. The van der Waals surface area contributed by atoms with Crippen LogP contribution in [0.15, 0.2) is 48.5 Å². The first-order valence-corrected chi connectivity index (χ1v) is 37.8. The second-order valence-corrected chi connectivity index (χ2v) is 28.9. The van der Waals surface area contributed by atoms with Gasteiger partial charge in [-0.05, 0) is 160 Å². The van der Waals surface area contributed by atoms with E-state index in [1.165, 1.54) is 69.3 Å². The van der Waals surface area contributed by atoms with Gasteiger partial charge < -0.3 is 145 Å². The minimum atomic E-state index is -1.93. The molecule has 0 aliphatic heterocycles. The maximum atomic E-state index is 14.4. The summed E-state index contributed by atoms with van der Waals surface area (Å²) in [6.45, 7) is 4.41. The summed E-state index contributed by atoms with van der Waals surface area (Å²) in [5.74, 6) is -17.0. The van der Waals surface area contributed by atoms with Gasteiger partial charge >= 0.3 is 11.9 Å². The molecule has 2 aromatic rings. The lowest BCUT2D eigenvalue weighted by Crippen LogP contribution is -2.63. The number of phenolic OH excluding ortho intramolecular Hbond substituents is 2. The van der Waals surface area contributed by atoms with Crippen molar-refractivity contribution in [2.24, 2.45) is 40.1 Å². The Bertz CT molecular complexity index is 3550. The molecular formula is C69H115N23O20S2. The maximum Gasteiger partial charge on any atom is 0.326 e. The molecule has 2 aromatic carbocycles. The first-order valence-electron chi connectivity index (χ1n) is 36.7. The van der Waals surface area contributed by atoms with E-state index in [-0.39, 0.29) is 121 Å². The number of carboxylic acid groups (broad SMARTS) is 2. The summed E-state index contributed by atoms with van der Waals surface area (Å²) in [6.07, 6.45) is -5.97. The summed E-state index contributed by atoms with van der Waals surface area (Å²) in [5.41, 5.74) is 41.0. The third-order valence-electron chi connectivity index (χ3n) is 17.3. The van der Waals surface area contributed by atoms with E-state index in [0.717, 1.165) is 6.92 Å². The van der Waals surface area contributed by atoms with Crippen LogP contribution in [0.25, 0.3) is 0 Å². The molecule has 36 N–H and O–H groups in total. The number of guanidine groups is 2. The number of amides is 12. The van der Waals surface area contributed by atoms with Crippen molar-refractivity contribution in [1.82, 2.24) is 74.4 Å². The molecule has 0 saturated carbocycles. The average Bonchev–Trinajstić information content (AvgIpc) is 0.798. The van der Waals surface area contributed by atoms with Crippen molar-refractivity contribution < 1.29 is 97.8 Å². The highest BCUT2D eigenvalue weighted by molar-refractivity contribution is 7.81. The van der Waals surface area contributed by atoms with E-state index < -0.39 is 209 Å². The number of benzene rings is 2. The number of carbonyl (C=O) groups is 14. The molecular weight excluding hydrogens is 1540 g/mol. The lowest BCUT2D eigenvalue weighted by atomic mass is 9.98. The van der Waals surface area contributed by atoms with Crippen molar-refractivity contribution in [2.45, 2.75) is 213 Å². The topological polar surface area (TPSA) is 759 Å². The zero-order valence-electron chi connectivity index (χ0n) is 64.0. The van der Waals surface area contributed by atoms with Gasteiger partial charge in [-0.1, -0.05) is 24.3 Å². The van der Waals surface area contributed by atoms with Gasteiger partial charge in [-0.25, -0.2) is 4.79 Å². The number of aliphatic carboxylic acids is 2. The van der Waals surface area contributed by atoms with Gasteiger partial charge in [0.15, 0.2) is 11.9 Å². The van der Waals surface area contributed by atoms with Crippen molar-refractivity contribution in [2.75, 3.05) is 45.0 Å². The number of phenols is 2. The van der Waals surface area contributed by atoms with Gasteiger partial charge in [0.1, 0.15) is 90.0 Å². The standard InChI is InChI=1S/C69H115N23O20S2/c1-34(93)51(74)63(108)88-47(31-36-12-16-38(95)17-13-36)61(106)92-53(69(3,4)114)65(110)87-43(20-21-50(97)98)57(102)82-41(10-7-29-79-67(75)76)54(99)84-46(24-28-73)60(105)91-52(35(2)94)64(109)86-45(23-27-72)59(104)81-40(9-5-6-25-70)56(101)90-49(33-113)62(107)85-44(22-26-71)58(103)83-42(11-8-30-80-68(77)78)55(100)89-48(66(111)112)32-37-14-18-39(96)19-15-37/h12-19,34-35,40-49,51-53,93-96,113-114H,5-11,20-33,70-74H2,1-4H3,(H,81,104)(H,82,102)(H,83,103)(H,84,99)(H,85,107)(H,86,109)(H,87,110)(H,88,108)(H,89,100)(H,90,101)(H,91,105)(H,92,106)(H,97,98)(H,111,112)(H4,75,76,79)(H4,77,78,80)/t34-,35-,40+,41+,42+,43+,44+,45-,46+,47+,48+,49+,51+,52+,53-/m1/s1. The van der Waals surface area contributed by atoms with Crippen LogP contribution in [-0.4, -0.2) is 266 Å². The molecule has 0 heterocycles. The number of hydrogen-bond donors (Lipinski definition) is 31. The maximum absolute atomic E-state index is 14.4. The molecule has 0 fully saturated rings. The molecule has 2 rings (SSSR count). The lowest BCUT2D eigenvalue weighted by molar-refractivity contribution is -0.142. The number of hydrogen-bond acceptors (Lipinski definition) is 27. The molecule has 0 saturated heterocycles. The number of aliphatic hydroxyl groups excluding tert-OH is 2. The zero-order chi connectivity index (χ0) is 86.1. The average molecular weight is 1650 g/mol. The molecule has 0 spiro atoms. The van der Waals surface area contributed by atoms with Crippen molar-refractivity contribution in [1.29, 1.82) is 10.8 Å². The Balaban J connectivity index is 2.45. The van der Waals surface area contributed by atoms with Gasteiger partial charge in [-0.15, -0.1) is 0 Å². The first kappa shape index (κ1) is 99.7. The second-order valence-electron chi connectivity index (χ2n) is 27.4. The van der Waals surface area contributed by atoms with Crippen LogP contribution >= 0.6 is 25.3 Å². The minimum Gasteiger partial charge on any atom is -0.508 e. The Morgan fingerprint density at radius 3 is 1.09 bits per heavy atom. The van der Waals surface area contributed by atoms with Gasteiger partial charge in [0.25, 0.3) is 0 Å². The van der Waals surface area contributed by atoms with Crippen LogP contribution in [0.3, 0.4) is 0 Å². The number of rotatable bonds is 54. The minimum absolute atomic E-state index is 0.0409. The van der Waals surface area contributed by atoms with E-state index in [0.29, 0.717) is 17.5 Å². The molecule has 0 unspecified atom stereocenters. The molecule has 12 amide bonds. The first-order chi connectivity index (χ1) is 53.6. The Kier molecular flexibility index (Phi) is 44.9. The molecule has 43 nitrogen and oxygen atoms in total. The zero-order valence-corrected chi connectivity index (χ0v) is 65.8. The molecule has 15 atom stereocenters. The van der Waals surface area contributed by atoms with Crippen LogP contribution in [0.5, 0.6) is 11.5 Å². The Labute approximate surface area is 669 Å². The number of nitrogens with one attached hydrogen (secondary N) is 16. The Hall–Kier alpha value is -10.4. The fraction of sp³-hybridized carbons (Fsp3) is 0.594. The van der Waals surface area contributed by atoms with E-state index in [2.05, 4.69) is 99.7 Å². The summed E-state index contributed by atoms with van der Waals surface area (Å²) in [4.78, 5) is 194. The number of unbranched alkanes of at least 4 members (excludes halogenated alkanes) is 1. The summed E-state index contributed by atoms with van der Waals surface area (Å²) in [6, 6.07) is -9.85. The predicted octanol–water partition coefficient (Wildman–Crippen LogP) is -8.92. The monoisotopic (exact) mass is 1650 g/mol. The van der Waals surface area contributed by atoms with Gasteiger partial charge in [0, 0.05) is 42.9 Å². The molecule has 0 radical (unpaired) electrons. The second kappa shape index (κ2) is 51.3. The number of nitrogens with two attached hydrogens (primary N) is 7. The van der Waals surface area contributed by atoms with Crippen LogP contribution in [0, 0.1) is 10.8 Å². The highest BCUT2D eigenvalue weighted by Gasteiger charge is 2.41. The van der Waals surface area contributed by atoms with Gasteiger partial charge in [0.05, 0.1) is 12.2 Å². The Morgan fingerprint density at radius 2 is 0.737 bits per heavy atom. The fourth-order valence-electron chi connectivity index (χ4n) is 10.9. The van der Waals surface area contributed by atoms with Crippen LogP contribution in [-0.2, 0) is 80.0 Å². The largest absolute Gasteiger partial charge is 0.508 e. The van der Waals surface area contributed by atoms with Crippen LogP contribution in [0.4, 0.5) is 0 Å². The third kappa shape index (κ3) is 37.0. The van der Waals surface area contributed by atoms with Crippen molar-refractivity contribution in [3.8, 4) is 11.5 Å². The van der Waals surface area contributed by atoms with Gasteiger partial charge in [-0.2, -0.15) is 25.3 Å². The number of carboxylic acids is 2. The molecule has 0 aliphatic rings. The third-order valence-corrected chi connectivity index (χ3v) is 17.9. The molecule has 0 bridgehead atoms. The number of aromatic hydroxyl groups is 2. The van der Waals surface area contributed by atoms with E-state index in [9.17, 15) is 97.8 Å². The SMILES string of the molecule is C[C@@H](O)[C@H](N)C(=O)N[C@@H](Cc1ccc(O)cc1)C(=O)N[C@H](C(=O)N[C@@H](CCC(=O)O)C(=O)N[C@@H](CCCNC(=N)N)C(=O)N[C@@H](CCN)C(=O)N[C@H](C(=O)N[C@H](CCN)C(=O)N[C@@H](CCCCN)C(=O)N[C@@H](CS)C(=O)N[C@@H](CCN)C(=O)N[C@@H](CCCNC(=N)N)C(=O)N[C@@H](Cc1ccc(O)cc1)C(=O)O)[C@@H](C)O)C(C)(C)S. The molecule has 0 aliphatic carbocycles. The predicted molar refractivity (Wildman–Crippen MR) is 422 cm³/mol. The van der Waals surface area contributed by atoms with Crippen molar-refractivity contribution >= 4 is 120 Å². The van der Waals surface area contributed by atoms with E-state index in [1.807, 2.05) is 0 Å². The van der Waals surface area contributed by atoms with E-state index in [4.69, 9.17) is 51.0 Å². The normalized spacial score (nSPS) is 15.2. The van der Waals surface area contributed by atoms with Gasteiger partial charge in [-0.3, -0.25) is 73.1 Å².